The van der Waals surface area contributed by atoms with E-state index in [4.69, 9.17) is 4.74 Å². The first-order valence-corrected chi connectivity index (χ1v) is 5.86. The smallest absolute Gasteiger partial charge is 0.338 e. The third kappa shape index (κ3) is 4.86. The second-order valence-corrected chi connectivity index (χ2v) is 3.83. The predicted molar refractivity (Wildman–Crippen MR) is 66.3 cm³/mol. The number of benzene rings is 1. The Hall–Kier alpha value is -2.04. The van der Waals surface area contributed by atoms with Gasteiger partial charge in [-0.3, -0.25) is 4.79 Å². The van der Waals surface area contributed by atoms with Crippen molar-refractivity contribution >= 4 is 11.9 Å². The number of carbonyl (C=O) groups excluding carboxylic acids is 2. The fourth-order valence-electron chi connectivity index (χ4n) is 1.30. The van der Waals surface area contributed by atoms with Crippen LogP contribution in [0.4, 0.5) is 0 Å². The van der Waals surface area contributed by atoms with Gasteiger partial charge in [0.1, 0.15) is 5.75 Å². The van der Waals surface area contributed by atoms with Gasteiger partial charge in [-0.2, -0.15) is 0 Å². The second kappa shape index (κ2) is 7.32. The van der Waals surface area contributed by atoms with Crippen molar-refractivity contribution in [3.8, 4) is 5.75 Å². The Kier molecular flexibility index (Phi) is 5.70. The summed E-state index contributed by atoms with van der Waals surface area (Å²) in [6.07, 6.45) is 1.88. The lowest BCUT2D eigenvalue weighted by Crippen LogP contribution is -2.29. The van der Waals surface area contributed by atoms with Gasteiger partial charge in [-0.1, -0.05) is 19.4 Å². The van der Waals surface area contributed by atoms with Crippen molar-refractivity contribution in [3.05, 3.63) is 29.8 Å². The first-order valence-electron chi connectivity index (χ1n) is 5.86. The second-order valence-electron chi connectivity index (χ2n) is 3.83. The molecule has 0 radical (unpaired) electrons. The number of hydrogen-bond donors (Lipinski definition) is 2. The van der Waals surface area contributed by atoms with Gasteiger partial charge in [0.15, 0.2) is 6.61 Å². The summed E-state index contributed by atoms with van der Waals surface area (Å²) in [4.78, 5) is 22.8. The molecule has 1 aromatic carbocycles. The summed E-state index contributed by atoms with van der Waals surface area (Å²) in [6.45, 7) is 2.30. The van der Waals surface area contributed by atoms with E-state index in [1.54, 1.807) is 0 Å². The molecule has 0 aliphatic carbocycles. The Morgan fingerprint density at radius 1 is 1.39 bits per heavy atom. The normalized spacial score (nSPS) is 9.83. The molecule has 0 aliphatic heterocycles. The molecule has 1 rings (SSSR count). The lowest BCUT2D eigenvalue weighted by Gasteiger charge is -2.06. The highest BCUT2D eigenvalue weighted by atomic mass is 16.5. The van der Waals surface area contributed by atoms with Crippen LogP contribution in [0.25, 0.3) is 0 Å². The van der Waals surface area contributed by atoms with Gasteiger partial charge in [-0.15, -0.1) is 0 Å². The molecule has 2 N–H and O–H groups in total. The summed E-state index contributed by atoms with van der Waals surface area (Å²) < 4.78 is 4.81. The van der Waals surface area contributed by atoms with Crippen molar-refractivity contribution < 1.29 is 19.4 Å². The molecule has 0 atom stereocenters. The molecule has 0 saturated heterocycles. The number of nitrogens with one attached hydrogen (secondary N) is 1. The molecular weight excluding hydrogens is 234 g/mol. The highest BCUT2D eigenvalue weighted by Crippen LogP contribution is 2.11. The predicted octanol–water partition coefficient (Wildman–Crippen LogP) is 1.47. The van der Waals surface area contributed by atoms with Gasteiger partial charge in [0.25, 0.3) is 5.91 Å². The highest BCUT2D eigenvalue weighted by molar-refractivity contribution is 5.91. The third-order valence-electron chi connectivity index (χ3n) is 2.27. The Morgan fingerprint density at radius 2 is 2.17 bits per heavy atom. The molecule has 98 valence electrons. The summed E-state index contributed by atoms with van der Waals surface area (Å²) in [5.74, 6) is -0.967. The number of carbonyl (C=O) groups is 2. The minimum Gasteiger partial charge on any atom is -0.508 e. The van der Waals surface area contributed by atoms with E-state index in [1.807, 2.05) is 6.92 Å². The molecule has 0 fully saturated rings. The van der Waals surface area contributed by atoms with E-state index in [0.717, 1.165) is 12.8 Å². The Balaban J connectivity index is 2.35. The fourth-order valence-corrected chi connectivity index (χ4v) is 1.30. The number of ether oxygens (including phenoxy) is 1. The molecule has 5 heteroatoms. The van der Waals surface area contributed by atoms with Gasteiger partial charge >= 0.3 is 5.97 Å². The molecule has 0 aliphatic rings. The average molecular weight is 251 g/mol. The topological polar surface area (TPSA) is 75.6 Å². The van der Waals surface area contributed by atoms with E-state index in [0.29, 0.717) is 6.54 Å². The molecule has 5 nitrogen and oxygen atoms in total. The van der Waals surface area contributed by atoms with Crippen molar-refractivity contribution in [1.82, 2.24) is 5.32 Å². The fraction of sp³-hybridized carbons (Fsp3) is 0.385. The number of hydrogen-bond acceptors (Lipinski definition) is 4. The molecular formula is C13H17NO4. The maximum atomic E-state index is 11.5. The number of esters is 1. The van der Waals surface area contributed by atoms with Gasteiger partial charge in [0.2, 0.25) is 0 Å². The molecule has 0 heterocycles. The van der Waals surface area contributed by atoms with E-state index >= 15 is 0 Å². The van der Waals surface area contributed by atoms with Crippen molar-refractivity contribution in [2.45, 2.75) is 19.8 Å². The number of rotatable bonds is 6. The number of phenols is 1. The zero-order valence-corrected chi connectivity index (χ0v) is 10.3. The summed E-state index contributed by atoms with van der Waals surface area (Å²) in [5, 5.41) is 11.8. The molecule has 0 spiro atoms. The minimum absolute atomic E-state index is 0.0168. The summed E-state index contributed by atoms with van der Waals surface area (Å²) in [5.41, 5.74) is 0.219. The number of amides is 1. The first kappa shape index (κ1) is 14.0. The lowest BCUT2D eigenvalue weighted by molar-refractivity contribution is -0.124. The Labute approximate surface area is 106 Å². The molecule has 18 heavy (non-hydrogen) atoms. The van der Waals surface area contributed by atoms with Gasteiger partial charge in [0.05, 0.1) is 5.56 Å². The van der Waals surface area contributed by atoms with Crippen molar-refractivity contribution in [3.63, 3.8) is 0 Å². The number of aromatic hydroxyl groups is 1. The SMILES string of the molecule is CCCCNC(=O)COC(=O)c1cccc(O)c1. The van der Waals surface area contributed by atoms with Gasteiger partial charge in [-0.25, -0.2) is 4.79 Å². The zero-order valence-electron chi connectivity index (χ0n) is 10.3. The summed E-state index contributed by atoms with van der Waals surface area (Å²) in [6, 6.07) is 5.79. The van der Waals surface area contributed by atoms with Gasteiger partial charge in [0, 0.05) is 6.54 Å². The van der Waals surface area contributed by atoms with Crippen LogP contribution in [0.2, 0.25) is 0 Å². The van der Waals surface area contributed by atoms with Crippen molar-refractivity contribution in [2.75, 3.05) is 13.2 Å². The number of phenolic OH excluding ortho intramolecular Hbond substituents is 1. The molecule has 1 amide bonds. The zero-order chi connectivity index (χ0) is 13.4. The van der Waals surface area contributed by atoms with Crippen LogP contribution in [0.1, 0.15) is 30.1 Å². The highest BCUT2D eigenvalue weighted by Gasteiger charge is 2.10. The van der Waals surface area contributed by atoms with E-state index in [1.165, 1.54) is 24.3 Å². The number of unbranched alkanes of at least 4 members (excludes halogenated alkanes) is 1. The van der Waals surface area contributed by atoms with E-state index in [-0.39, 0.29) is 23.8 Å². The van der Waals surface area contributed by atoms with Crippen LogP contribution in [-0.4, -0.2) is 30.1 Å². The maximum absolute atomic E-state index is 11.5. The van der Waals surface area contributed by atoms with Gasteiger partial charge < -0.3 is 15.2 Å². The van der Waals surface area contributed by atoms with Crippen LogP contribution >= 0.6 is 0 Å². The average Bonchev–Trinajstić information content (AvgIpc) is 2.36. The van der Waals surface area contributed by atoms with Crippen molar-refractivity contribution in [1.29, 1.82) is 0 Å². The van der Waals surface area contributed by atoms with Crippen LogP contribution in [0.3, 0.4) is 0 Å². The van der Waals surface area contributed by atoms with E-state index in [2.05, 4.69) is 5.32 Å². The standard InChI is InChI=1S/C13H17NO4/c1-2-3-7-14-12(16)9-18-13(17)10-5-4-6-11(15)8-10/h4-6,8,15H,2-3,7,9H2,1H3,(H,14,16). The Morgan fingerprint density at radius 3 is 2.83 bits per heavy atom. The first-order chi connectivity index (χ1) is 8.63. The van der Waals surface area contributed by atoms with Crippen LogP contribution in [0, 0.1) is 0 Å². The molecule has 0 unspecified atom stereocenters. The lowest BCUT2D eigenvalue weighted by atomic mass is 10.2. The van der Waals surface area contributed by atoms with Gasteiger partial charge in [-0.05, 0) is 24.6 Å². The quantitative estimate of drug-likeness (QED) is 0.593. The minimum atomic E-state index is -0.628. The maximum Gasteiger partial charge on any atom is 0.338 e. The molecule has 1 aromatic rings. The van der Waals surface area contributed by atoms with E-state index in [9.17, 15) is 14.7 Å². The van der Waals surface area contributed by atoms with Crippen molar-refractivity contribution in [2.24, 2.45) is 0 Å². The summed E-state index contributed by atoms with van der Waals surface area (Å²) in [7, 11) is 0. The van der Waals surface area contributed by atoms with Crippen LogP contribution in [-0.2, 0) is 9.53 Å². The molecule has 0 bridgehead atoms. The third-order valence-corrected chi connectivity index (χ3v) is 2.27. The monoisotopic (exact) mass is 251 g/mol. The largest absolute Gasteiger partial charge is 0.508 e. The van der Waals surface area contributed by atoms with Crippen LogP contribution in [0.5, 0.6) is 5.75 Å². The Bertz CT molecular complexity index is 417. The van der Waals surface area contributed by atoms with E-state index < -0.39 is 5.97 Å². The molecule has 0 aromatic heterocycles. The summed E-state index contributed by atoms with van der Waals surface area (Å²) >= 11 is 0. The molecule has 0 saturated carbocycles. The van der Waals surface area contributed by atoms with Crippen LogP contribution in [0.15, 0.2) is 24.3 Å². The van der Waals surface area contributed by atoms with Crippen LogP contribution < -0.4 is 5.32 Å².